The minimum atomic E-state index is 0.976. The third kappa shape index (κ3) is 2.70. The summed E-state index contributed by atoms with van der Waals surface area (Å²) >= 11 is 2.49. The number of hydrogen-bond acceptors (Lipinski definition) is 0. The lowest BCUT2D eigenvalue weighted by molar-refractivity contribution is 0.548. The lowest BCUT2D eigenvalue weighted by atomic mass is 10.0. The number of halogens is 1. The monoisotopic (exact) mass is 236 g/mol. The largest absolute Gasteiger partial charge is 0.0885 e. The van der Waals surface area contributed by atoms with Crippen molar-refractivity contribution in [3.05, 3.63) is 12.2 Å². The molecule has 0 aromatic rings. The van der Waals surface area contributed by atoms with Gasteiger partial charge in [-0.1, -0.05) is 34.7 Å². The zero-order chi connectivity index (χ0) is 6.53. The van der Waals surface area contributed by atoms with Crippen LogP contribution in [0.1, 0.15) is 25.7 Å². The van der Waals surface area contributed by atoms with E-state index < -0.39 is 0 Å². The average molecular weight is 236 g/mol. The fraction of sp³-hybridized carbons (Fsp3) is 0.750. The summed E-state index contributed by atoms with van der Waals surface area (Å²) in [6.45, 7) is 0. The van der Waals surface area contributed by atoms with Gasteiger partial charge in [-0.15, -0.1) is 0 Å². The standard InChI is InChI=1S/C8H13I/c9-7-8-5-3-1-2-4-6-8/h1,3,8H,2,4-7H2. The van der Waals surface area contributed by atoms with E-state index in [1.54, 1.807) is 0 Å². The van der Waals surface area contributed by atoms with Crippen LogP contribution in [0.3, 0.4) is 0 Å². The molecule has 0 saturated heterocycles. The fourth-order valence-corrected chi connectivity index (χ4v) is 1.99. The maximum atomic E-state index is 2.49. The van der Waals surface area contributed by atoms with Crippen molar-refractivity contribution in [2.45, 2.75) is 25.7 Å². The van der Waals surface area contributed by atoms with Gasteiger partial charge in [-0.3, -0.25) is 0 Å². The van der Waals surface area contributed by atoms with Crippen molar-refractivity contribution >= 4 is 22.6 Å². The fourth-order valence-electron chi connectivity index (χ4n) is 1.19. The Labute approximate surface area is 70.9 Å². The van der Waals surface area contributed by atoms with Gasteiger partial charge in [0.25, 0.3) is 0 Å². The van der Waals surface area contributed by atoms with Crippen LogP contribution in [0.2, 0.25) is 0 Å². The Hall–Kier alpha value is 0.470. The van der Waals surface area contributed by atoms with Crippen LogP contribution in [-0.2, 0) is 0 Å². The van der Waals surface area contributed by atoms with Gasteiger partial charge in [-0.25, -0.2) is 0 Å². The van der Waals surface area contributed by atoms with Crippen molar-refractivity contribution < 1.29 is 0 Å². The highest BCUT2D eigenvalue weighted by Gasteiger charge is 2.05. The van der Waals surface area contributed by atoms with E-state index in [1.165, 1.54) is 30.1 Å². The topological polar surface area (TPSA) is 0 Å². The summed E-state index contributed by atoms with van der Waals surface area (Å²) in [5.74, 6) is 0.976. The second kappa shape index (κ2) is 4.31. The number of alkyl halides is 1. The molecule has 0 nitrogen and oxygen atoms in total. The molecule has 9 heavy (non-hydrogen) atoms. The van der Waals surface area contributed by atoms with Crippen molar-refractivity contribution in [3.63, 3.8) is 0 Å². The molecular weight excluding hydrogens is 223 g/mol. The maximum Gasteiger partial charge on any atom is 0.00266 e. The van der Waals surface area contributed by atoms with Gasteiger partial charge in [0.15, 0.2) is 0 Å². The quantitative estimate of drug-likeness (QED) is 0.372. The van der Waals surface area contributed by atoms with Crippen LogP contribution in [0.4, 0.5) is 0 Å². The Bertz CT molecular complexity index is 96.7. The first-order chi connectivity index (χ1) is 4.43. The van der Waals surface area contributed by atoms with Gasteiger partial charge < -0.3 is 0 Å². The number of hydrogen-bond donors (Lipinski definition) is 0. The van der Waals surface area contributed by atoms with Crippen LogP contribution in [0, 0.1) is 5.92 Å². The first kappa shape index (κ1) is 7.58. The van der Waals surface area contributed by atoms with E-state index in [-0.39, 0.29) is 0 Å². The normalized spacial score (nSPS) is 27.9. The molecule has 0 spiro atoms. The lowest BCUT2D eigenvalue weighted by Gasteiger charge is -2.06. The highest BCUT2D eigenvalue weighted by Crippen LogP contribution is 2.19. The summed E-state index contributed by atoms with van der Waals surface area (Å²) in [4.78, 5) is 0. The third-order valence-corrected chi connectivity index (χ3v) is 3.08. The Kier molecular flexibility index (Phi) is 3.63. The van der Waals surface area contributed by atoms with Crippen LogP contribution in [0.25, 0.3) is 0 Å². The zero-order valence-corrected chi connectivity index (χ0v) is 7.80. The molecule has 0 aromatic heterocycles. The number of rotatable bonds is 1. The minimum absolute atomic E-state index is 0.976. The smallest absolute Gasteiger partial charge is 0.00266 e. The highest BCUT2D eigenvalue weighted by molar-refractivity contribution is 14.1. The second-order valence-corrected chi connectivity index (χ2v) is 3.54. The SMILES string of the molecule is ICC1CC=CCCC1. The summed E-state index contributed by atoms with van der Waals surface area (Å²) in [6, 6.07) is 0. The van der Waals surface area contributed by atoms with Gasteiger partial charge in [0.05, 0.1) is 0 Å². The molecule has 1 unspecified atom stereocenters. The van der Waals surface area contributed by atoms with Gasteiger partial charge in [-0.2, -0.15) is 0 Å². The molecule has 0 heterocycles. The van der Waals surface area contributed by atoms with Crippen molar-refractivity contribution in [1.29, 1.82) is 0 Å². The minimum Gasteiger partial charge on any atom is -0.0885 e. The van der Waals surface area contributed by atoms with Gasteiger partial charge in [0, 0.05) is 4.43 Å². The van der Waals surface area contributed by atoms with Gasteiger partial charge in [0.1, 0.15) is 0 Å². The molecule has 0 amide bonds. The zero-order valence-electron chi connectivity index (χ0n) is 5.65. The van der Waals surface area contributed by atoms with Crippen LogP contribution in [-0.4, -0.2) is 4.43 Å². The van der Waals surface area contributed by atoms with Crippen LogP contribution >= 0.6 is 22.6 Å². The van der Waals surface area contributed by atoms with Gasteiger partial charge >= 0.3 is 0 Å². The Morgan fingerprint density at radius 2 is 2.33 bits per heavy atom. The Morgan fingerprint density at radius 1 is 1.44 bits per heavy atom. The van der Waals surface area contributed by atoms with E-state index in [2.05, 4.69) is 34.7 Å². The van der Waals surface area contributed by atoms with E-state index in [1.807, 2.05) is 0 Å². The molecule has 0 radical (unpaired) electrons. The summed E-state index contributed by atoms with van der Waals surface area (Å²) < 4.78 is 1.34. The molecule has 0 bridgehead atoms. The molecule has 0 saturated carbocycles. The molecule has 1 rings (SSSR count). The number of allylic oxidation sites excluding steroid dienone is 2. The van der Waals surface area contributed by atoms with Crippen LogP contribution < -0.4 is 0 Å². The molecule has 1 atom stereocenters. The molecule has 0 N–H and O–H groups in total. The maximum absolute atomic E-state index is 2.49. The first-order valence-electron chi connectivity index (χ1n) is 3.64. The summed E-state index contributed by atoms with van der Waals surface area (Å²) in [5, 5.41) is 0. The van der Waals surface area contributed by atoms with Crippen molar-refractivity contribution in [3.8, 4) is 0 Å². The summed E-state index contributed by atoms with van der Waals surface area (Å²) in [7, 11) is 0. The van der Waals surface area contributed by atoms with Crippen molar-refractivity contribution in [2.75, 3.05) is 4.43 Å². The summed E-state index contributed by atoms with van der Waals surface area (Å²) in [5.41, 5.74) is 0. The molecule has 0 aromatic carbocycles. The third-order valence-electron chi connectivity index (χ3n) is 1.84. The molecular formula is C8H13I. The Balaban J connectivity index is 2.29. The molecule has 0 aliphatic heterocycles. The second-order valence-electron chi connectivity index (χ2n) is 2.66. The molecule has 1 aliphatic rings. The summed E-state index contributed by atoms with van der Waals surface area (Å²) in [6.07, 6.45) is 10.2. The lowest BCUT2D eigenvalue weighted by Crippen LogP contribution is -1.97. The van der Waals surface area contributed by atoms with Gasteiger partial charge in [-0.05, 0) is 31.6 Å². The molecule has 52 valence electrons. The van der Waals surface area contributed by atoms with Crippen molar-refractivity contribution in [2.24, 2.45) is 5.92 Å². The van der Waals surface area contributed by atoms with E-state index in [0.717, 1.165) is 5.92 Å². The average Bonchev–Trinajstić information content (AvgIpc) is 2.13. The van der Waals surface area contributed by atoms with E-state index in [0.29, 0.717) is 0 Å². The van der Waals surface area contributed by atoms with E-state index in [9.17, 15) is 0 Å². The first-order valence-corrected chi connectivity index (χ1v) is 5.17. The molecule has 1 aliphatic carbocycles. The predicted molar refractivity (Wildman–Crippen MR) is 50.0 cm³/mol. The van der Waals surface area contributed by atoms with Crippen LogP contribution in [0.15, 0.2) is 12.2 Å². The van der Waals surface area contributed by atoms with E-state index >= 15 is 0 Å². The Morgan fingerprint density at radius 3 is 3.11 bits per heavy atom. The van der Waals surface area contributed by atoms with E-state index in [4.69, 9.17) is 0 Å². The van der Waals surface area contributed by atoms with Crippen LogP contribution in [0.5, 0.6) is 0 Å². The highest BCUT2D eigenvalue weighted by atomic mass is 127. The molecule has 0 fully saturated rings. The molecule has 1 heteroatoms. The predicted octanol–water partition coefficient (Wildman–Crippen LogP) is 3.17. The van der Waals surface area contributed by atoms with Gasteiger partial charge in [0.2, 0.25) is 0 Å². The van der Waals surface area contributed by atoms with Crippen molar-refractivity contribution in [1.82, 2.24) is 0 Å².